The molecule has 7 heteroatoms. The molecule has 0 saturated carbocycles. The van der Waals surface area contributed by atoms with Crippen molar-refractivity contribution in [2.45, 2.75) is 20.0 Å². The molecule has 0 aliphatic rings. The van der Waals surface area contributed by atoms with Crippen molar-refractivity contribution in [1.82, 2.24) is 4.98 Å². The van der Waals surface area contributed by atoms with E-state index in [0.29, 0.717) is 16.4 Å². The van der Waals surface area contributed by atoms with Crippen LogP contribution in [0, 0.1) is 6.92 Å². The quantitative estimate of drug-likeness (QED) is 0.839. The molecule has 1 amide bonds. The lowest BCUT2D eigenvalue weighted by molar-refractivity contribution is -0.123. The zero-order valence-electron chi connectivity index (χ0n) is 12.5. The summed E-state index contributed by atoms with van der Waals surface area (Å²) >= 11 is 5.71. The molecule has 23 heavy (non-hydrogen) atoms. The number of phenols is 1. The molecule has 1 aromatic heterocycles. The van der Waals surface area contributed by atoms with E-state index in [2.05, 4.69) is 10.3 Å². The molecule has 1 aromatic carbocycles. The summed E-state index contributed by atoms with van der Waals surface area (Å²) in [6, 6.07) is 7.81. The van der Waals surface area contributed by atoms with E-state index < -0.39 is 18.0 Å². The third-order valence-corrected chi connectivity index (χ3v) is 3.31. The van der Waals surface area contributed by atoms with Crippen LogP contribution in [0.4, 0.5) is 5.82 Å². The number of aryl methyl sites for hydroxylation is 1. The third kappa shape index (κ3) is 4.20. The second-order valence-corrected chi connectivity index (χ2v) is 5.31. The van der Waals surface area contributed by atoms with Crippen molar-refractivity contribution < 1.29 is 19.4 Å². The van der Waals surface area contributed by atoms with Gasteiger partial charge in [0.15, 0.2) is 6.10 Å². The maximum Gasteiger partial charge on any atom is 0.342 e. The number of anilines is 1. The van der Waals surface area contributed by atoms with Crippen LogP contribution >= 0.6 is 11.6 Å². The first-order valence-corrected chi connectivity index (χ1v) is 7.18. The number of carbonyl (C=O) groups is 2. The molecule has 0 bridgehead atoms. The van der Waals surface area contributed by atoms with Crippen molar-refractivity contribution in [2.75, 3.05) is 5.32 Å². The number of aromatic hydroxyl groups is 1. The Hall–Kier alpha value is -2.60. The summed E-state index contributed by atoms with van der Waals surface area (Å²) in [6.45, 7) is 3.09. The monoisotopic (exact) mass is 334 g/mol. The van der Waals surface area contributed by atoms with Gasteiger partial charge in [0.1, 0.15) is 17.1 Å². The summed E-state index contributed by atoms with van der Waals surface area (Å²) in [6.07, 6.45) is 0.332. The van der Waals surface area contributed by atoms with Crippen LogP contribution in [0.2, 0.25) is 5.02 Å². The molecule has 0 radical (unpaired) electrons. The molecular formula is C16H15ClN2O4. The van der Waals surface area contributed by atoms with Crippen molar-refractivity contribution in [1.29, 1.82) is 0 Å². The normalized spacial score (nSPS) is 11.6. The highest BCUT2D eigenvalue weighted by Crippen LogP contribution is 2.22. The van der Waals surface area contributed by atoms with E-state index >= 15 is 0 Å². The zero-order chi connectivity index (χ0) is 17.0. The highest BCUT2D eigenvalue weighted by molar-refractivity contribution is 6.30. The van der Waals surface area contributed by atoms with Gasteiger partial charge in [0, 0.05) is 6.20 Å². The number of halogens is 1. The number of pyridine rings is 1. The first-order chi connectivity index (χ1) is 10.9. The average molecular weight is 335 g/mol. The minimum absolute atomic E-state index is 0.00858. The smallest absolute Gasteiger partial charge is 0.342 e. The minimum atomic E-state index is -1.06. The number of hydrogen-bond acceptors (Lipinski definition) is 5. The summed E-state index contributed by atoms with van der Waals surface area (Å²) in [5.41, 5.74) is 0.552. The van der Waals surface area contributed by atoms with Gasteiger partial charge in [0.05, 0.1) is 5.02 Å². The zero-order valence-corrected chi connectivity index (χ0v) is 13.3. The molecular weight excluding hydrogens is 320 g/mol. The summed E-state index contributed by atoms with van der Waals surface area (Å²) in [4.78, 5) is 27.9. The van der Waals surface area contributed by atoms with Crippen molar-refractivity contribution in [3.8, 4) is 5.75 Å². The van der Waals surface area contributed by atoms with E-state index in [1.54, 1.807) is 25.1 Å². The number of ether oxygens (including phenoxy) is 1. The number of nitrogens with one attached hydrogen (secondary N) is 1. The van der Waals surface area contributed by atoms with Crippen molar-refractivity contribution in [2.24, 2.45) is 0 Å². The molecule has 1 heterocycles. The lowest BCUT2D eigenvalue weighted by atomic mass is 10.1. The minimum Gasteiger partial charge on any atom is -0.507 e. The highest BCUT2D eigenvalue weighted by atomic mass is 35.5. The molecule has 2 N–H and O–H groups in total. The Morgan fingerprint density at radius 2 is 2.04 bits per heavy atom. The number of hydrogen-bond donors (Lipinski definition) is 2. The molecule has 1 atom stereocenters. The van der Waals surface area contributed by atoms with Gasteiger partial charge < -0.3 is 15.2 Å². The number of esters is 1. The van der Waals surface area contributed by atoms with Crippen molar-refractivity contribution in [3.05, 3.63) is 52.7 Å². The topological polar surface area (TPSA) is 88.5 Å². The SMILES string of the molecule is Cc1cccc(C(=O)O[C@@H](C)C(=O)Nc2ccc(Cl)cn2)c1O. The second-order valence-electron chi connectivity index (χ2n) is 4.87. The van der Waals surface area contributed by atoms with E-state index in [1.165, 1.54) is 25.3 Å². The number of rotatable bonds is 4. The average Bonchev–Trinajstić information content (AvgIpc) is 2.52. The van der Waals surface area contributed by atoms with Gasteiger partial charge in [-0.2, -0.15) is 0 Å². The second kappa shape index (κ2) is 7.11. The van der Waals surface area contributed by atoms with Crippen molar-refractivity contribution >= 4 is 29.3 Å². The summed E-state index contributed by atoms with van der Waals surface area (Å²) < 4.78 is 5.07. The predicted octanol–water partition coefficient (Wildman–Crippen LogP) is 2.93. The van der Waals surface area contributed by atoms with Gasteiger partial charge in [-0.05, 0) is 37.6 Å². The standard InChI is InChI=1S/C16H15ClN2O4/c1-9-4-3-5-12(14(9)20)16(22)23-10(2)15(21)19-13-7-6-11(17)8-18-13/h3-8,10,20H,1-2H3,(H,18,19,21)/t10-/m0/s1. The lowest BCUT2D eigenvalue weighted by Crippen LogP contribution is -2.30. The highest BCUT2D eigenvalue weighted by Gasteiger charge is 2.21. The molecule has 0 saturated heterocycles. The van der Waals surface area contributed by atoms with Gasteiger partial charge in [-0.25, -0.2) is 9.78 Å². The first-order valence-electron chi connectivity index (χ1n) is 6.80. The molecule has 0 spiro atoms. The van der Waals surface area contributed by atoms with Crippen molar-refractivity contribution in [3.63, 3.8) is 0 Å². The van der Waals surface area contributed by atoms with Gasteiger partial charge in [0.2, 0.25) is 0 Å². The maximum atomic E-state index is 12.0. The van der Waals surface area contributed by atoms with Crippen LogP contribution in [-0.4, -0.2) is 28.1 Å². The Kier molecular flexibility index (Phi) is 5.18. The molecule has 2 aromatic rings. The van der Waals surface area contributed by atoms with Gasteiger partial charge in [-0.3, -0.25) is 4.79 Å². The predicted molar refractivity (Wildman–Crippen MR) is 85.6 cm³/mol. The Morgan fingerprint density at radius 3 is 2.70 bits per heavy atom. The largest absolute Gasteiger partial charge is 0.507 e. The van der Waals surface area contributed by atoms with Crippen LogP contribution in [0.5, 0.6) is 5.75 Å². The molecule has 120 valence electrons. The molecule has 0 aliphatic heterocycles. The fourth-order valence-corrected chi connectivity index (χ4v) is 1.89. The number of para-hydroxylation sites is 1. The number of carbonyl (C=O) groups excluding carboxylic acids is 2. The first kappa shape index (κ1) is 16.8. The van der Waals surface area contributed by atoms with Crippen LogP contribution in [0.1, 0.15) is 22.8 Å². The van der Waals surface area contributed by atoms with E-state index in [4.69, 9.17) is 16.3 Å². The van der Waals surface area contributed by atoms with Gasteiger partial charge in [-0.15, -0.1) is 0 Å². The maximum absolute atomic E-state index is 12.0. The summed E-state index contributed by atoms with van der Waals surface area (Å²) in [7, 11) is 0. The third-order valence-electron chi connectivity index (χ3n) is 3.09. The van der Waals surface area contributed by atoms with Crippen LogP contribution in [0.25, 0.3) is 0 Å². The van der Waals surface area contributed by atoms with E-state index in [-0.39, 0.29) is 11.3 Å². The number of nitrogens with zero attached hydrogens (tertiary/aromatic N) is 1. The van der Waals surface area contributed by atoms with E-state index in [0.717, 1.165) is 0 Å². The molecule has 0 fully saturated rings. The molecule has 6 nitrogen and oxygen atoms in total. The van der Waals surface area contributed by atoms with Crippen LogP contribution < -0.4 is 5.32 Å². The van der Waals surface area contributed by atoms with Crippen LogP contribution in [0.15, 0.2) is 36.5 Å². The Labute approximate surface area is 138 Å². The van der Waals surface area contributed by atoms with Crippen LogP contribution in [0.3, 0.4) is 0 Å². The Balaban J connectivity index is 2.01. The number of amides is 1. The van der Waals surface area contributed by atoms with Crippen LogP contribution in [-0.2, 0) is 9.53 Å². The number of aromatic nitrogens is 1. The lowest BCUT2D eigenvalue weighted by Gasteiger charge is -2.14. The summed E-state index contributed by atoms with van der Waals surface area (Å²) in [5, 5.41) is 12.8. The van der Waals surface area contributed by atoms with Gasteiger partial charge in [-0.1, -0.05) is 23.7 Å². The van der Waals surface area contributed by atoms with Gasteiger partial charge >= 0.3 is 5.97 Å². The molecule has 0 unspecified atom stereocenters. The Bertz CT molecular complexity index is 731. The van der Waals surface area contributed by atoms with Gasteiger partial charge in [0.25, 0.3) is 5.91 Å². The molecule has 2 rings (SSSR count). The number of phenolic OH excluding ortho intramolecular Hbond substituents is 1. The molecule has 0 aliphatic carbocycles. The Morgan fingerprint density at radius 1 is 1.30 bits per heavy atom. The fraction of sp³-hybridized carbons (Fsp3) is 0.188. The summed E-state index contributed by atoms with van der Waals surface area (Å²) in [5.74, 6) is -1.19. The fourth-order valence-electron chi connectivity index (χ4n) is 1.78. The number of benzene rings is 1. The van der Waals surface area contributed by atoms with E-state index in [9.17, 15) is 14.7 Å². The van der Waals surface area contributed by atoms with E-state index in [1.807, 2.05) is 0 Å².